The Morgan fingerprint density at radius 1 is 1.64 bits per heavy atom. The van der Waals surface area contributed by atoms with Crippen LogP contribution in [0, 0.1) is 5.41 Å². The quantitative estimate of drug-likeness (QED) is 0.694. The van der Waals surface area contributed by atoms with E-state index >= 15 is 0 Å². The summed E-state index contributed by atoms with van der Waals surface area (Å²) in [5, 5.41) is 7.22. The minimum atomic E-state index is 0.266. The zero-order chi connectivity index (χ0) is 10.8. The first-order valence-electron chi connectivity index (χ1n) is 5.01. The molecule has 1 saturated carbocycles. The SMILES string of the molecule is COCC(C)NC(=S)NC1CC1(C)C. The second-order valence-corrected chi connectivity index (χ2v) is 5.13. The van der Waals surface area contributed by atoms with Crippen LogP contribution in [0.25, 0.3) is 0 Å². The molecule has 0 aromatic heterocycles. The highest BCUT2D eigenvalue weighted by atomic mass is 32.1. The highest BCUT2D eigenvalue weighted by molar-refractivity contribution is 7.80. The van der Waals surface area contributed by atoms with Gasteiger partial charge in [-0.3, -0.25) is 0 Å². The van der Waals surface area contributed by atoms with Crippen molar-refractivity contribution >= 4 is 17.3 Å². The molecule has 4 heteroatoms. The van der Waals surface area contributed by atoms with E-state index in [1.807, 2.05) is 0 Å². The molecule has 0 amide bonds. The largest absolute Gasteiger partial charge is 0.383 e. The van der Waals surface area contributed by atoms with Gasteiger partial charge in [-0.15, -0.1) is 0 Å². The Kier molecular flexibility index (Phi) is 3.72. The van der Waals surface area contributed by atoms with Gasteiger partial charge >= 0.3 is 0 Å². The Balaban J connectivity index is 2.17. The summed E-state index contributed by atoms with van der Waals surface area (Å²) in [5.41, 5.74) is 0.413. The molecule has 14 heavy (non-hydrogen) atoms. The van der Waals surface area contributed by atoms with E-state index in [4.69, 9.17) is 17.0 Å². The third kappa shape index (κ3) is 3.42. The summed E-state index contributed by atoms with van der Waals surface area (Å²) in [6.07, 6.45) is 1.20. The van der Waals surface area contributed by atoms with Crippen molar-refractivity contribution in [2.45, 2.75) is 39.3 Å². The topological polar surface area (TPSA) is 33.3 Å². The van der Waals surface area contributed by atoms with Crippen LogP contribution in [0.2, 0.25) is 0 Å². The van der Waals surface area contributed by atoms with Crippen LogP contribution >= 0.6 is 12.2 Å². The Hall–Kier alpha value is -0.350. The van der Waals surface area contributed by atoms with E-state index in [-0.39, 0.29) is 6.04 Å². The number of rotatable bonds is 4. The summed E-state index contributed by atoms with van der Waals surface area (Å²) >= 11 is 5.19. The van der Waals surface area contributed by atoms with Crippen molar-refractivity contribution in [3.8, 4) is 0 Å². The first-order chi connectivity index (χ1) is 6.45. The predicted molar refractivity (Wildman–Crippen MR) is 62.4 cm³/mol. The van der Waals surface area contributed by atoms with Crippen LogP contribution < -0.4 is 10.6 Å². The summed E-state index contributed by atoms with van der Waals surface area (Å²) < 4.78 is 5.02. The average Bonchev–Trinajstić information content (AvgIpc) is 2.57. The molecule has 2 atom stereocenters. The van der Waals surface area contributed by atoms with Crippen LogP contribution in [-0.2, 0) is 4.74 Å². The molecule has 1 aliphatic rings. The molecule has 1 aliphatic carbocycles. The number of hydrogen-bond donors (Lipinski definition) is 2. The van der Waals surface area contributed by atoms with E-state index in [9.17, 15) is 0 Å². The molecule has 82 valence electrons. The molecular weight excluding hydrogens is 196 g/mol. The number of nitrogens with one attached hydrogen (secondary N) is 2. The van der Waals surface area contributed by atoms with Gasteiger partial charge in [0.05, 0.1) is 6.61 Å². The first-order valence-corrected chi connectivity index (χ1v) is 5.42. The van der Waals surface area contributed by atoms with Gasteiger partial charge in [-0.2, -0.15) is 0 Å². The molecule has 0 heterocycles. The fourth-order valence-electron chi connectivity index (χ4n) is 1.43. The molecule has 0 bridgehead atoms. The molecule has 0 aromatic rings. The molecule has 0 aromatic carbocycles. The Morgan fingerprint density at radius 2 is 2.21 bits per heavy atom. The van der Waals surface area contributed by atoms with Crippen molar-refractivity contribution in [3.05, 3.63) is 0 Å². The van der Waals surface area contributed by atoms with Crippen molar-refractivity contribution in [2.24, 2.45) is 5.41 Å². The molecule has 1 rings (SSSR count). The highest BCUT2D eigenvalue weighted by Crippen LogP contribution is 2.44. The molecule has 2 N–H and O–H groups in total. The fourth-order valence-corrected chi connectivity index (χ4v) is 1.77. The van der Waals surface area contributed by atoms with E-state index in [2.05, 4.69) is 31.4 Å². The van der Waals surface area contributed by atoms with Gasteiger partial charge in [0.25, 0.3) is 0 Å². The molecule has 1 fully saturated rings. The summed E-state index contributed by atoms with van der Waals surface area (Å²) in [7, 11) is 1.69. The van der Waals surface area contributed by atoms with Crippen molar-refractivity contribution < 1.29 is 4.74 Å². The summed E-state index contributed by atoms with van der Waals surface area (Å²) in [5.74, 6) is 0. The van der Waals surface area contributed by atoms with E-state index in [0.29, 0.717) is 18.1 Å². The average molecular weight is 216 g/mol. The van der Waals surface area contributed by atoms with Crippen LogP contribution in [-0.4, -0.2) is 30.9 Å². The van der Waals surface area contributed by atoms with Gasteiger partial charge in [0.15, 0.2) is 5.11 Å². The number of thiocarbonyl (C=S) groups is 1. The van der Waals surface area contributed by atoms with Crippen LogP contribution in [0.3, 0.4) is 0 Å². The van der Waals surface area contributed by atoms with E-state index in [0.717, 1.165) is 5.11 Å². The standard InChI is InChI=1S/C10H20N2OS/c1-7(6-13-4)11-9(14)12-8-5-10(8,2)3/h7-8H,5-6H2,1-4H3,(H2,11,12,14). The van der Waals surface area contributed by atoms with Crippen LogP contribution in [0.5, 0.6) is 0 Å². The Bertz CT molecular complexity index is 218. The van der Waals surface area contributed by atoms with Gasteiger partial charge in [-0.1, -0.05) is 13.8 Å². The number of hydrogen-bond acceptors (Lipinski definition) is 2. The lowest BCUT2D eigenvalue weighted by atomic mass is 10.2. The third-order valence-corrected chi connectivity index (χ3v) is 2.85. The highest BCUT2D eigenvalue weighted by Gasteiger charge is 2.46. The molecule has 0 saturated heterocycles. The molecule has 3 nitrogen and oxygen atoms in total. The van der Waals surface area contributed by atoms with Crippen molar-refractivity contribution in [3.63, 3.8) is 0 Å². The van der Waals surface area contributed by atoms with Gasteiger partial charge < -0.3 is 15.4 Å². The minimum absolute atomic E-state index is 0.266. The zero-order valence-electron chi connectivity index (χ0n) is 9.39. The van der Waals surface area contributed by atoms with Crippen LogP contribution in [0.1, 0.15) is 27.2 Å². The van der Waals surface area contributed by atoms with E-state index < -0.39 is 0 Å². The fraction of sp³-hybridized carbons (Fsp3) is 0.900. The van der Waals surface area contributed by atoms with Gasteiger partial charge in [0.2, 0.25) is 0 Å². The van der Waals surface area contributed by atoms with Gasteiger partial charge in [-0.05, 0) is 31.0 Å². The van der Waals surface area contributed by atoms with Crippen molar-refractivity contribution in [2.75, 3.05) is 13.7 Å². The lowest BCUT2D eigenvalue weighted by molar-refractivity contribution is 0.179. The maximum absolute atomic E-state index is 5.19. The first kappa shape index (κ1) is 11.7. The van der Waals surface area contributed by atoms with E-state index in [1.54, 1.807) is 7.11 Å². The maximum atomic E-state index is 5.19. The minimum Gasteiger partial charge on any atom is -0.383 e. The molecular formula is C10H20N2OS. The molecule has 0 aliphatic heterocycles. The monoisotopic (exact) mass is 216 g/mol. The molecule has 0 radical (unpaired) electrons. The lowest BCUT2D eigenvalue weighted by Crippen LogP contribution is -2.44. The smallest absolute Gasteiger partial charge is 0.166 e. The second-order valence-electron chi connectivity index (χ2n) is 4.72. The van der Waals surface area contributed by atoms with Gasteiger partial charge in [0, 0.05) is 19.2 Å². The Labute approximate surface area is 91.6 Å². The second kappa shape index (κ2) is 4.45. The van der Waals surface area contributed by atoms with E-state index in [1.165, 1.54) is 6.42 Å². The lowest BCUT2D eigenvalue weighted by Gasteiger charge is -2.16. The zero-order valence-corrected chi connectivity index (χ0v) is 10.2. The maximum Gasteiger partial charge on any atom is 0.166 e. The van der Waals surface area contributed by atoms with Crippen LogP contribution in [0.15, 0.2) is 0 Å². The Morgan fingerprint density at radius 3 is 2.64 bits per heavy atom. The van der Waals surface area contributed by atoms with Crippen LogP contribution in [0.4, 0.5) is 0 Å². The molecule has 2 unspecified atom stereocenters. The normalized spacial score (nSPS) is 25.3. The van der Waals surface area contributed by atoms with Crippen molar-refractivity contribution in [1.82, 2.24) is 10.6 Å². The summed E-state index contributed by atoms with van der Waals surface area (Å²) in [4.78, 5) is 0. The van der Waals surface area contributed by atoms with Gasteiger partial charge in [0.1, 0.15) is 0 Å². The van der Waals surface area contributed by atoms with Gasteiger partial charge in [-0.25, -0.2) is 0 Å². The summed E-state index contributed by atoms with van der Waals surface area (Å²) in [6, 6.07) is 0.805. The number of ether oxygens (including phenoxy) is 1. The summed E-state index contributed by atoms with van der Waals surface area (Å²) in [6.45, 7) is 7.21. The molecule has 0 spiro atoms. The predicted octanol–water partition coefficient (Wildman–Crippen LogP) is 1.28. The number of methoxy groups -OCH3 is 1. The third-order valence-electron chi connectivity index (χ3n) is 2.61. The van der Waals surface area contributed by atoms with Crippen molar-refractivity contribution in [1.29, 1.82) is 0 Å².